The third kappa shape index (κ3) is 2.44. The van der Waals surface area contributed by atoms with Crippen LogP contribution in [0.25, 0.3) is 0 Å². The van der Waals surface area contributed by atoms with Gasteiger partial charge in [-0.05, 0) is 36.0 Å². The summed E-state index contributed by atoms with van der Waals surface area (Å²) in [7, 11) is 0. The van der Waals surface area contributed by atoms with Crippen molar-refractivity contribution in [1.82, 2.24) is 0 Å². The van der Waals surface area contributed by atoms with Crippen LogP contribution in [0.2, 0.25) is 0 Å². The Kier molecular flexibility index (Phi) is 4.21. The molecule has 56 valence electrons. The summed E-state index contributed by atoms with van der Waals surface area (Å²) in [5.41, 5.74) is 11.3. The smallest absolute Gasteiger partial charge is 0.141 e. The largest absolute Gasteiger partial charge is 0.392 e. The molecule has 1 unspecified atom stereocenters. The Bertz CT molecular complexity index is 170. The molecule has 1 atom stereocenters. The lowest BCUT2D eigenvalue weighted by Crippen LogP contribution is -2.20. The minimum absolute atomic E-state index is 0.468. The fraction of sp³-hybridized carbons (Fsp3) is 0.200. The van der Waals surface area contributed by atoms with Crippen molar-refractivity contribution < 1.29 is 0 Å². The topological polar surface area (TPSA) is 76.8 Å². The van der Waals surface area contributed by atoms with Crippen LogP contribution < -0.4 is 11.5 Å². The summed E-state index contributed by atoms with van der Waals surface area (Å²) >= 11 is 1.90. The van der Waals surface area contributed by atoms with Crippen LogP contribution in [0.1, 0.15) is 0 Å². The molecule has 4 nitrogen and oxygen atoms in total. The van der Waals surface area contributed by atoms with E-state index in [1.807, 2.05) is 22.6 Å². The number of hydrogen-bond acceptors (Lipinski definition) is 4. The van der Waals surface area contributed by atoms with Crippen molar-refractivity contribution in [2.75, 3.05) is 0 Å². The molecule has 0 aromatic carbocycles. The van der Waals surface area contributed by atoms with E-state index in [-0.39, 0.29) is 0 Å². The molecule has 4 N–H and O–H groups in total. The van der Waals surface area contributed by atoms with E-state index in [0.29, 0.717) is 9.40 Å². The lowest BCUT2D eigenvalue weighted by atomic mass is 10.4. The summed E-state index contributed by atoms with van der Waals surface area (Å²) in [4.78, 5) is 7.13. The molecule has 0 aliphatic carbocycles. The Morgan fingerprint density at radius 2 is 2.00 bits per heavy atom. The molecule has 0 aliphatic heterocycles. The van der Waals surface area contributed by atoms with Crippen LogP contribution in [0, 0.1) is 0 Å². The number of nitrogens with zero attached hydrogens (tertiary/aromatic N) is 2. The number of halogens is 1. The molecule has 10 heavy (non-hydrogen) atoms. The SMILES string of the molecule is C=N/C(=C(\N)I)C(N)N=C. The molecule has 0 aromatic rings. The molecule has 0 saturated carbocycles. The third-order valence-electron chi connectivity index (χ3n) is 0.892. The number of aliphatic imine (C=N–C) groups is 2. The van der Waals surface area contributed by atoms with Crippen molar-refractivity contribution in [3.8, 4) is 0 Å². The van der Waals surface area contributed by atoms with E-state index in [1.54, 1.807) is 0 Å². The molecule has 0 spiro atoms. The van der Waals surface area contributed by atoms with Crippen LogP contribution in [0.4, 0.5) is 0 Å². The van der Waals surface area contributed by atoms with E-state index >= 15 is 0 Å². The molecule has 0 aromatic heterocycles. The molecule has 0 amide bonds. The van der Waals surface area contributed by atoms with Crippen molar-refractivity contribution in [1.29, 1.82) is 0 Å². The number of hydrogen-bond donors (Lipinski definition) is 2. The fourth-order valence-corrected chi connectivity index (χ4v) is 0.886. The summed E-state index contributed by atoms with van der Waals surface area (Å²) in [5, 5.41) is 0. The van der Waals surface area contributed by atoms with Gasteiger partial charge in [-0.2, -0.15) is 0 Å². The van der Waals surface area contributed by atoms with Gasteiger partial charge in [0.1, 0.15) is 11.9 Å². The maximum atomic E-state index is 5.42. The van der Waals surface area contributed by atoms with Crippen LogP contribution in [0.5, 0.6) is 0 Å². The molecule has 0 bridgehead atoms. The van der Waals surface area contributed by atoms with E-state index in [2.05, 4.69) is 23.4 Å². The van der Waals surface area contributed by atoms with Gasteiger partial charge in [-0.1, -0.05) is 0 Å². The monoisotopic (exact) mass is 252 g/mol. The van der Waals surface area contributed by atoms with Crippen molar-refractivity contribution >= 4 is 36.0 Å². The average Bonchev–Trinajstić information content (AvgIpc) is 1.88. The Balaban J connectivity index is 4.51. The fourth-order valence-electron chi connectivity index (χ4n) is 0.397. The molecular formula is C5H9IN4. The van der Waals surface area contributed by atoms with Crippen molar-refractivity contribution in [3.63, 3.8) is 0 Å². The van der Waals surface area contributed by atoms with Gasteiger partial charge in [-0.15, -0.1) is 0 Å². The molecule has 0 fully saturated rings. The number of rotatable bonds is 3. The van der Waals surface area contributed by atoms with Crippen LogP contribution in [-0.4, -0.2) is 19.6 Å². The van der Waals surface area contributed by atoms with Crippen LogP contribution >= 0.6 is 22.6 Å². The highest BCUT2D eigenvalue weighted by Crippen LogP contribution is 2.10. The Labute approximate surface area is 73.2 Å². The van der Waals surface area contributed by atoms with E-state index in [4.69, 9.17) is 11.5 Å². The number of nitrogens with two attached hydrogens (primary N) is 2. The second-order valence-electron chi connectivity index (χ2n) is 1.52. The van der Waals surface area contributed by atoms with Crippen LogP contribution in [-0.2, 0) is 0 Å². The van der Waals surface area contributed by atoms with Gasteiger partial charge in [0, 0.05) is 0 Å². The van der Waals surface area contributed by atoms with E-state index in [9.17, 15) is 0 Å². The van der Waals surface area contributed by atoms with Crippen molar-refractivity contribution in [3.05, 3.63) is 9.40 Å². The zero-order valence-electron chi connectivity index (χ0n) is 5.42. The second-order valence-corrected chi connectivity index (χ2v) is 2.68. The summed E-state index contributed by atoms with van der Waals surface area (Å²) in [6.45, 7) is 6.55. The van der Waals surface area contributed by atoms with Crippen LogP contribution in [0.3, 0.4) is 0 Å². The Morgan fingerprint density at radius 1 is 1.50 bits per heavy atom. The second kappa shape index (κ2) is 4.40. The lowest BCUT2D eigenvalue weighted by Gasteiger charge is -2.05. The lowest BCUT2D eigenvalue weighted by molar-refractivity contribution is 0.812. The highest BCUT2D eigenvalue weighted by atomic mass is 127. The van der Waals surface area contributed by atoms with Crippen molar-refractivity contribution in [2.45, 2.75) is 6.17 Å². The predicted molar refractivity (Wildman–Crippen MR) is 52.3 cm³/mol. The molecule has 0 saturated heterocycles. The van der Waals surface area contributed by atoms with Gasteiger partial charge in [0.25, 0.3) is 0 Å². The van der Waals surface area contributed by atoms with Gasteiger partial charge in [-0.3, -0.25) is 9.98 Å². The minimum Gasteiger partial charge on any atom is -0.392 e. The van der Waals surface area contributed by atoms with Crippen molar-refractivity contribution in [2.24, 2.45) is 21.5 Å². The van der Waals surface area contributed by atoms with Gasteiger partial charge in [0.05, 0.1) is 3.70 Å². The molecule has 0 heterocycles. The Hall–Kier alpha value is -0.430. The highest BCUT2D eigenvalue weighted by molar-refractivity contribution is 14.1. The molecule has 5 heteroatoms. The minimum atomic E-state index is -0.561. The third-order valence-corrected chi connectivity index (χ3v) is 1.44. The van der Waals surface area contributed by atoms with Crippen LogP contribution in [0.15, 0.2) is 19.4 Å². The maximum Gasteiger partial charge on any atom is 0.141 e. The predicted octanol–water partition coefficient (Wildman–Crippen LogP) is 0.235. The maximum absolute atomic E-state index is 5.42. The van der Waals surface area contributed by atoms with E-state index < -0.39 is 6.17 Å². The molecule has 0 aliphatic rings. The molecule has 0 radical (unpaired) electrons. The summed E-state index contributed by atoms with van der Waals surface area (Å²) in [6, 6.07) is 0. The van der Waals surface area contributed by atoms with E-state index in [0.717, 1.165) is 0 Å². The van der Waals surface area contributed by atoms with Gasteiger partial charge < -0.3 is 11.5 Å². The van der Waals surface area contributed by atoms with Gasteiger partial charge in [0.2, 0.25) is 0 Å². The quantitative estimate of drug-likeness (QED) is 0.428. The average molecular weight is 252 g/mol. The summed E-state index contributed by atoms with van der Waals surface area (Å²) in [6.07, 6.45) is -0.561. The summed E-state index contributed by atoms with van der Waals surface area (Å²) in [5.74, 6) is 0. The Morgan fingerprint density at radius 3 is 2.10 bits per heavy atom. The first kappa shape index (κ1) is 9.57. The highest BCUT2D eigenvalue weighted by Gasteiger charge is 2.06. The van der Waals surface area contributed by atoms with Gasteiger partial charge >= 0.3 is 0 Å². The van der Waals surface area contributed by atoms with E-state index in [1.165, 1.54) is 0 Å². The van der Waals surface area contributed by atoms with Gasteiger partial charge in [-0.25, -0.2) is 0 Å². The first-order valence-electron chi connectivity index (χ1n) is 2.46. The van der Waals surface area contributed by atoms with Gasteiger partial charge in [0.15, 0.2) is 0 Å². The normalized spacial score (nSPS) is 15.4. The summed E-state index contributed by atoms with van der Waals surface area (Å²) < 4.78 is 0.493. The zero-order chi connectivity index (χ0) is 8.15. The zero-order valence-corrected chi connectivity index (χ0v) is 7.58. The standard InChI is InChI=1S/C5H9IN4/c1-9-3(4(6)7)5(8)10-2/h5H,1-2,7-8H2/b4-3-. The first-order chi connectivity index (χ1) is 4.63. The molecular weight excluding hydrogens is 243 g/mol. The molecule has 0 rings (SSSR count). The first-order valence-corrected chi connectivity index (χ1v) is 3.54.